The van der Waals surface area contributed by atoms with Crippen molar-refractivity contribution < 1.29 is 0 Å². The molecule has 0 radical (unpaired) electrons. The second kappa shape index (κ2) is 12.6. The van der Waals surface area contributed by atoms with Gasteiger partial charge in [0.1, 0.15) is 0 Å². The average Bonchev–Trinajstić information content (AvgIpc) is 3.57. The zero-order valence-electron chi connectivity index (χ0n) is 26.4. The third-order valence-corrected chi connectivity index (χ3v) is 11.4. The van der Waals surface area contributed by atoms with E-state index in [4.69, 9.17) is 15.2 Å². The van der Waals surface area contributed by atoms with Crippen LogP contribution >= 0.6 is 0 Å². The molecule has 230 valence electrons. The SMILES string of the molecule is c1ccc(-c2cccc(-c3c(-c4ccccn4)ccc4[se]c5ccccc5c34)c2-c2nnnc(-c3ccccc3)c2-c2ccccc2)cc1. The van der Waals surface area contributed by atoms with Gasteiger partial charge in [0.15, 0.2) is 0 Å². The summed E-state index contributed by atoms with van der Waals surface area (Å²) in [4.78, 5) is 4.89. The van der Waals surface area contributed by atoms with Gasteiger partial charge in [-0.05, 0) is 0 Å². The van der Waals surface area contributed by atoms with Crippen molar-refractivity contribution in [1.29, 1.82) is 0 Å². The zero-order chi connectivity index (χ0) is 32.6. The van der Waals surface area contributed by atoms with Crippen molar-refractivity contribution in [2.45, 2.75) is 0 Å². The van der Waals surface area contributed by atoms with Crippen molar-refractivity contribution in [2.24, 2.45) is 0 Å². The third-order valence-electron chi connectivity index (χ3n) is 9.01. The molecule has 0 spiro atoms. The van der Waals surface area contributed by atoms with E-state index in [2.05, 4.69) is 139 Å². The monoisotopic (exact) mass is 692 g/mol. The number of rotatable bonds is 6. The number of fused-ring (bicyclic) bond motifs is 3. The van der Waals surface area contributed by atoms with Crippen LogP contribution in [0.3, 0.4) is 0 Å². The van der Waals surface area contributed by atoms with E-state index in [1.165, 1.54) is 19.3 Å². The van der Waals surface area contributed by atoms with Crippen molar-refractivity contribution in [3.05, 3.63) is 170 Å². The first-order chi connectivity index (χ1) is 24.3. The summed E-state index contributed by atoms with van der Waals surface area (Å²) in [6.07, 6.45) is 1.87. The molecule has 0 aliphatic heterocycles. The average molecular weight is 692 g/mol. The van der Waals surface area contributed by atoms with Gasteiger partial charge < -0.3 is 0 Å². The van der Waals surface area contributed by atoms with Crippen LogP contribution in [0.2, 0.25) is 0 Å². The van der Waals surface area contributed by atoms with Crippen LogP contribution in [0.1, 0.15) is 0 Å². The van der Waals surface area contributed by atoms with Crippen LogP contribution in [-0.2, 0) is 0 Å². The summed E-state index contributed by atoms with van der Waals surface area (Å²) in [5, 5.41) is 16.7. The van der Waals surface area contributed by atoms with Gasteiger partial charge in [0.25, 0.3) is 0 Å². The second-order valence-corrected chi connectivity index (χ2v) is 14.1. The molecule has 0 N–H and O–H groups in total. The van der Waals surface area contributed by atoms with E-state index in [1.807, 2.05) is 36.5 Å². The van der Waals surface area contributed by atoms with E-state index in [1.54, 1.807) is 0 Å². The van der Waals surface area contributed by atoms with Gasteiger partial charge in [-0.25, -0.2) is 0 Å². The quantitative estimate of drug-likeness (QED) is 0.163. The Morgan fingerprint density at radius 1 is 0.388 bits per heavy atom. The predicted molar refractivity (Wildman–Crippen MR) is 202 cm³/mol. The maximum absolute atomic E-state index is 4.95. The predicted octanol–water partition coefficient (Wildman–Crippen LogP) is 10.6. The molecule has 0 unspecified atom stereocenters. The number of hydrogen-bond donors (Lipinski definition) is 0. The molecule has 6 aromatic carbocycles. The number of aromatic nitrogens is 4. The maximum atomic E-state index is 4.95. The van der Waals surface area contributed by atoms with Gasteiger partial charge in [-0.15, -0.1) is 0 Å². The Hall–Kier alpha value is -6.00. The Balaban J connectivity index is 1.47. The van der Waals surface area contributed by atoms with Gasteiger partial charge in [0.2, 0.25) is 0 Å². The molecular weight excluding hydrogens is 663 g/mol. The van der Waals surface area contributed by atoms with Crippen LogP contribution in [0.4, 0.5) is 0 Å². The zero-order valence-corrected chi connectivity index (χ0v) is 28.1. The van der Waals surface area contributed by atoms with Crippen molar-refractivity contribution in [3.8, 4) is 67.2 Å². The van der Waals surface area contributed by atoms with E-state index in [-0.39, 0.29) is 14.5 Å². The molecule has 0 aliphatic carbocycles. The summed E-state index contributed by atoms with van der Waals surface area (Å²) in [5.74, 6) is 0. The first-order valence-corrected chi connectivity index (χ1v) is 18.0. The van der Waals surface area contributed by atoms with Crippen molar-refractivity contribution in [1.82, 2.24) is 20.4 Å². The van der Waals surface area contributed by atoms with E-state index in [0.29, 0.717) is 0 Å². The van der Waals surface area contributed by atoms with Crippen molar-refractivity contribution >= 4 is 33.8 Å². The summed E-state index contributed by atoms with van der Waals surface area (Å²) in [5.41, 5.74) is 12.0. The Labute approximate surface area is 290 Å². The summed E-state index contributed by atoms with van der Waals surface area (Å²) in [6, 6.07) is 57.5. The molecule has 4 nitrogen and oxygen atoms in total. The number of hydrogen-bond acceptors (Lipinski definition) is 4. The molecule has 0 atom stereocenters. The molecule has 3 aromatic heterocycles. The van der Waals surface area contributed by atoms with Gasteiger partial charge in [0.05, 0.1) is 0 Å². The molecule has 9 aromatic rings. The molecule has 0 fully saturated rings. The number of nitrogens with zero attached hydrogens (tertiary/aromatic N) is 4. The fraction of sp³-hybridized carbons (Fsp3) is 0. The van der Waals surface area contributed by atoms with Crippen LogP contribution in [0.15, 0.2) is 170 Å². The molecule has 9 rings (SSSR count). The first-order valence-electron chi connectivity index (χ1n) is 16.2. The molecular formula is C44H28N4Se. The van der Waals surface area contributed by atoms with E-state index in [0.717, 1.165) is 67.2 Å². The molecule has 5 heteroatoms. The summed E-state index contributed by atoms with van der Waals surface area (Å²) in [6.45, 7) is 0. The molecule has 3 heterocycles. The van der Waals surface area contributed by atoms with Gasteiger partial charge in [0, 0.05) is 0 Å². The molecule has 0 amide bonds. The van der Waals surface area contributed by atoms with Gasteiger partial charge in [-0.3, -0.25) is 0 Å². The summed E-state index contributed by atoms with van der Waals surface area (Å²) >= 11 is 0.187. The molecule has 0 bridgehead atoms. The van der Waals surface area contributed by atoms with Crippen molar-refractivity contribution in [3.63, 3.8) is 0 Å². The molecule has 0 saturated heterocycles. The summed E-state index contributed by atoms with van der Waals surface area (Å²) in [7, 11) is 0. The normalized spacial score (nSPS) is 11.3. The standard InChI is InChI=1S/C44H28N4Se/c1-4-15-29(16-5-1)32-22-14-23-35(40-33(36-24-12-13-28-45-36)26-27-38-42(40)34-21-10-11-25-37(34)49-38)41(32)44-39(30-17-6-2-7-18-30)43(46-48-47-44)31-19-8-3-9-20-31/h1-28H. The third kappa shape index (κ3) is 5.17. The first kappa shape index (κ1) is 29.2. The van der Waals surface area contributed by atoms with Gasteiger partial charge in [-0.1, -0.05) is 0 Å². The van der Waals surface area contributed by atoms with Crippen LogP contribution < -0.4 is 0 Å². The van der Waals surface area contributed by atoms with Gasteiger partial charge in [-0.2, -0.15) is 0 Å². The van der Waals surface area contributed by atoms with E-state index >= 15 is 0 Å². The van der Waals surface area contributed by atoms with E-state index in [9.17, 15) is 0 Å². The minimum absolute atomic E-state index is 0.187. The van der Waals surface area contributed by atoms with Gasteiger partial charge >= 0.3 is 291 Å². The van der Waals surface area contributed by atoms with E-state index < -0.39 is 0 Å². The second-order valence-electron chi connectivity index (χ2n) is 11.9. The summed E-state index contributed by atoms with van der Waals surface area (Å²) < 4.78 is 2.76. The van der Waals surface area contributed by atoms with Crippen LogP contribution in [0, 0.1) is 0 Å². The Morgan fingerprint density at radius 2 is 1.04 bits per heavy atom. The minimum atomic E-state index is 0.187. The topological polar surface area (TPSA) is 51.6 Å². The van der Waals surface area contributed by atoms with Crippen molar-refractivity contribution in [2.75, 3.05) is 0 Å². The molecule has 0 saturated carbocycles. The number of pyridine rings is 1. The molecule has 49 heavy (non-hydrogen) atoms. The van der Waals surface area contributed by atoms with Crippen LogP contribution in [-0.4, -0.2) is 34.9 Å². The van der Waals surface area contributed by atoms with Crippen LogP contribution in [0.5, 0.6) is 0 Å². The Bertz CT molecular complexity index is 2580. The fourth-order valence-electron chi connectivity index (χ4n) is 6.88. The Morgan fingerprint density at radius 3 is 1.80 bits per heavy atom. The Kier molecular flexibility index (Phi) is 7.47. The molecule has 0 aliphatic rings. The van der Waals surface area contributed by atoms with Crippen LogP contribution in [0.25, 0.3) is 86.4 Å². The fourth-order valence-corrected chi connectivity index (χ4v) is 9.22. The number of benzene rings is 6.